The number of amides is 1. The van der Waals surface area contributed by atoms with Crippen LogP contribution in [0.2, 0.25) is 0 Å². The van der Waals surface area contributed by atoms with Crippen LogP contribution in [-0.2, 0) is 11.2 Å². The summed E-state index contributed by atoms with van der Waals surface area (Å²) in [6, 6.07) is 4.79. The predicted molar refractivity (Wildman–Crippen MR) is 81.5 cm³/mol. The van der Waals surface area contributed by atoms with Crippen LogP contribution in [-0.4, -0.2) is 17.4 Å². The van der Waals surface area contributed by atoms with Crippen molar-refractivity contribution < 1.29 is 9.18 Å². The number of halogens is 1. The monoisotopic (exact) mass is 288 g/mol. The Labute approximate surface area is 123 Å². The van der Waals surface area contributed by atoms with Crippen molar-refractivity contribution in [1.82, 2.24) is 10.3 Å². The molecule has 0 bridgehead atoms. The van der Waals surface area contributed by atoms with E-state index in [0.29, 0.717) is 18.4 Å². The van der Waals surface area contributed by atoms with E-state index in [9.17, 15) is 9.18 Å². The first-order valence-corrected chi connectivity index (χ1v) is 7.53. The van der Waals surface area contributed by atoms with Crippen LogP contribution in [0.15, 0.2) is 18.2 Å². The Morgan fingerprint density at radius 1 is 1.33 bits per heavy atom. The third kappa shape index (κ3) is 2.55. The van der Waals surface area contributed by atoms with Gasteiger partial charge in [-0.15, -0.1) is 0 Å². The molecule has 1 unspecified atom stereocenters. The van der Waals surface area contributed by atoms with Gasteiger partial charge < -0.3 is 10.3 Å². The summed E-state index contributed by atoms with van der Waals surface area (Å²) < 4.78 is 13.2. The van der Waals surface area contributed by atoms with E-state index in [-0.39, 0.29) is 17.6 Å². The molecule has 1 amide bonds. The van der Waals surface area contributed by atoms with E-state index in [1.807, 2.05) is 6.92 Å². The molecule has 3 nitrogen and oxygen atoms in total. The Kier molecular flexibility index (Phi) is 3.47. The van der Waals surface area contributed by atoms with E-state index in [2.05, 4.69) is 24.1 Å². The Hall–Kier alpha value is -1.84. The fraction of sp³-hybridized carbons (Fsp3) is 0.471. The van der Waals surface area contributed by atoms with Crippen LogP contribution in [0.1, 0.15) is 25.1 Å². The van der Waals surface area contributed by atoms with Crippen molar-refractivity contribution in [2.75, 3.05) is 6.54 Å². The number of carbonyl (C=O) groups is 1. The van der Waals surface area contributed by atoms with Crippen LogP contribution >= 0.6 is 0 Å². The lowest BCUT2D eigenvalue weighted by Crippen LogP contribution is -2.28. The van der Waals surface area contributed by atoms with Gasteiger partial charge in [0.25, 0.3) is 0 Å². The molecule has 1 aromatic carbocycles. The van der Waals surface area contributed by atoms with Crippen molar-refractivity contribution in [3.8, 4) is 0 Å². The SMILES string of the molecule is Cc1[nH]c2cc(F)ccc2c1CCNC(=O)C1[C@@H](C)[C@H]1C. The number of benzene rings is 1. The van der Waals surface area contributed by atoms with Gasteiger partial charge in [0.05, 0.1) is 0 Å². The molecule has 1 aliphatic rings. The quantitative estimate of drug-likeness (QED) is 0.891. The van der Waals surface area contributed by atoms with Gasteiger partial charge in [-0.1, -0.05) is 13.8 Å². The van der Waals surface area contributed by atoms with Gasteiger partial charge in [0.1, 0.15) is 5.82 Å². The van der Waals surface area contributed by atoms with E-state index in [0.717, 1.165) is 28.6 Å². The van der Waals surface area contributed by atoms with Crippen LogP contribution in [0.3, 0.4) is 0 Å². The molecule has 0 spiro atoms. The molecule has 2 N–H and O–H groups in total. The summed E-state index contributed by atoms with van der Waals surface area (Å²) in [7, 11) is 0. The molecule has 0 aliphatic heterocycles. The van der Waals surface area contributed by atoms with Gasteiger partial charge in [-0.05, 0) is 48.9 Å². The van der Waals surface area contributed by atoms with Gasteiger partial charge in [-0.25, -0.2) is 4.39 Å². The zero-order valence-corrected chi connectivity index (χ0v) is 12.7. The minimum absolute atomic E-state index is 0.165. The molecular weight excluding hydrogens is 267 g/mol. The van der Waals surface area contributed by atoms with Crippen molar-refractivity contribution in [1.29, 1.82) is 0 Å². The second-order valence-corrected chi connectivity index (χ2v) is 6.20. The minimum Gasteiger partial charge on any atom is -0.358 e. The van der Waals surface area contributed by atoms with E-state index in [4.69, 9.17) is 0 Å². The van der Waals surface area contributed by atoms with Crippen LogP contribution < -0.4 is 5.32 Å². The topological polar surface area (TPSA) is 44.9 Å². The number of aromatic amines is 1. The maximum atomic E-state index is 13.2. The summed E-state index contributed by atoms with van der Waals surface area (Å²) in [6.45, 7) is 6.85. The van der Waals surface area contributed by atoms with Gasteiger partial charge in [0.2, 0.25) is 5.91 Å². The Morgan fingerprint density at radius 3 is 2.71 bits per heavy atom. The molecule has 3 atom stereocenters. The summed E-state index contributed by atoms with van der Waals surface area (Å²) in [5, 5.41) is 4.06. The standard InChI is InChI=1S/C17H21FN2O/c1-9-10(2)16(9)17(21)19-7-6-13-11(3)20-15-8-12(18)4-5-14(13)15/h4-5,8-10,16,20H,6-7H2,1-3H3,(H,19,21)/t9-,10+,16?. The first-order valence-electron chi connectivity index (χ1n) is 7.53. The number of aryl methyl sites for hydroxylation is 1. The lowest BCUT2D eigenvalue weighted by molar-refractivity contribution is -0.122. The highest BCUT2D eigenvalue weighted by molar-refractivity contribution is 5.85. The lowest BCUT2D eigenvalue weighted by Gasteiger charge is -2.05. The third-order valence-corrected chi connectivity index (χ3v) is 4.88. The molecule has 1 saturated carbocycles. The predicted octanol–water partition coefficient (Wildman–Crippen LogP) is 3.18. The number of H-pyrrole nitrogens is 1. The molecule has 1 aromatic heterocycles. The molecule has 21 heavy (non-hydrogen) atoms. The van der Waals surface area contributed by atoms with Crippen molar-refractivity contribution in [3.05, 3.63) is 35.3 Å². The fourth-order valence-corrected chi connectivity index (χ4v) is 3.25. The highest BCUT2D eigenvalue weighted by atomic mass is 19.1. The second kappa shape index (κ2) is 5.17. The smallest absolute Gasteiger partial charge is 0.223 e. The van der Waals surface area contributed by atoms with Gasteiger partial charge >= 0.3 is 0 Å². The molecule has 3 rings (SSSR count). The minimum atomic E-state index is -0.236. The number of aromatic nitrogens is 1. The zero-order chi connectivity index (χ0) is 15.1. The van der Waals surface area contributed by atoms with Crippen LogP contribution in [0, 0.1) is 30.5 Å². The molecule has 1 fully saturated rings. The number of fused-ring (bicyclic) bond motifs is 1. The van der Waals surface area contributed by atoms with Gasteiger partial charge in [-0.3, -0.25) is 4.79 Å². The number of nitrogens with one attached hydrogen (secondary N) is 2. The Bertz CT molecular complexity index is 683. The van der Waals surface area contributed by atoms with Crippen molar-refractivity contribution in [2.45, 2.75) is 27.2 Å². The number of rotatable bonds is 4. The molecule has 1 heterocycles. The average molecular weight is 288 g/mol. The second-order valence-electron chi connectivity index (χ2n) is 6.20. The summed E-state index contributed by atoms with van der Waals surface area (Å²) >= 11 is 0. The average Bonchev–Trinajstić information content (AvgIpc) is 2.89. The number of hydrogen-bond donors (Lipinski definition) is 2. The van der Waals surface area contributed by atoms with Crippen molar-refractivity contribution in [3.63, 3.8) is 0 Å². The first kappa shape index (κ1) is 14.1. The highest BCUT2D eigenvalue weighted by Crippen LogP contribution is 2.45. The molecule has 0 radical (unpaired) electrons. The summed E-state index contributed by atoms with van der Waals surface area (Å²) in [5.74, 6) is 1.12. The normalized spacial score (nSPS) is 24.3. The number of carbonyl (C=O) groups excluding carboxylic acids is 1. The summed E-state index contributed by atoms with van der Waals surface area (Å²) in [6.07, 6.45) is 0.763. The van der Waals surface area contributed by atoms with Gasteiger partial charge in [-0.2, -0.15) is 0 Å². The Balaban J connectivity index is 1.66. The largest absolute Gasteiger partial charge is 0.358 e. The van der Waals surface area contributed by atoms with Crippen molar-refractivity contribution in [2.24, 2.45) is 17.8 Å². The van der Waals surface area contributed by atoms with Gasteiger partial charge in [0, 0.05) is 29.1 Å². The lowest BCUT2D eigenvalue weighted by atomic mass is 10.1. The van der Waals surface area contributed by atoms with Crippen LogP contribution in [0.5, 0.6) is 0 Å². The van der Waals surface area contributed by atoms with E-state index >= 15 is 0 Å². The van der Waals surface area contributed by atoms with Crippen LogP contribution in [0.4, 0.5) is 4.39 Å². The van der Waals surface area contributed by atoms with Crippen molar-refractivity contribution >= 4 is 16.8 Å². The summed E-state index contributed by atoms with van der Waals surface area (Å²) in [4.78, 5) is 15.2. The molecular formula is C17H21FN2O. The molecule has 112 valence electrons. The maximum absolute atomic E-state index is 13.2. The number of hydrogen-bond acceptors (Lipinski definition) is 1. The molecule has 0 saturated heterocycles. The summed E-state index contributed by atoms with van der Waals surface area (Å²) in [5.41, 5.74) is 3.01. The van der Waals surface area contributed by atoms with Gasteiger partial charge in [0.15, 0.2) is 0 Å². The Morgan fingerprint density at radius 2 is 2.05 bits per heavy atom. The van der Waals surface area contributed by atoms with E-state index < -0.39 is 0 Å². The zero-order valence-electron chi connectivity index (χ0n) is 12.7. The highest BCUT2D eigenvalue weighted by Gasteiger charge is 2.47. The molecule has 1 aliphatic carbocycles. The fourth-order valence-electron chi connectivity index (χ4n) is 3.25. The first-order chi connectivity index (χ1) is 9.99. The third-order valence-electron chi connectivity index (χ3n) is 4.88. The maximum Gasteiger partial charge on any atom is 0.223 e. The van der Waals surface area contributed by atoms with E-state index in [1.54, 1.807) is 6.07 Å². The molecule has 4 heteroatoms. The van der Waals surface area contributed by atoms with Crippen LogP contribution in [0.25, 0.3) is 10.9 Å². The van der Waals surface area contributed by atoms with E-state index in [1.165, 1.54) is 12.1 Å². The molecule has 2 aromatic rings.